The van der Waals surface area contributed by atoms with E-state index in [1.807, 2.05) is 0 Å². The van der Waals surface area contributed by atoms with Crippen LogP contribution >= 0.6 is 0 Å². The monoisotopic (exact) mass is 619 g/mol. The summed E-state index contributed by atoms with van der Waals surface area (Å²) in [6.07, 6.45) is -11.9. The van der Waals surface area contributed by atoms with Crippen molar-refractivity contribution < 1.29 is 50.6 Å². The molecule has 43 heavy (non-hydrogen) atoms. The molecule has 3 rings (SSSR count). The number of benzene rings is 1. The number of nitrogens with one attached hydrogen (secondary N) is 2. The van der Waals surface area contributed by atoms with Crippen LogP contribution in [0.3, 0.4) is 0 Å². The summed E-state index contributed by atoms with van der Waals surface area (Å²) in [5.41, 5.74) is -5.09. The number of carbonyl (C=O) groups excluding carboxylic acids is 2. The zero-order valence-corrected chi connectivity index (χ0v) is 23.4. The van der Waals surface area contributed by atoms with E-state index in [1.54, 1.807) is 6.92 Å². The molecule has 11 nitrogen and oxygen atoms in total. The number of aromatic amines is 1. The molecule has 0 saturated carbocycles. The normalized spacial score (nSPS) is 14.7. The number of anilines is 1. The zero-order valence-electron chi connectivity index (χ0n) is 23.4. The number of carbonyl (C=O) groups is 2. The van der Waals surface area contributed by atoms with Gasteiger partial charge in [-0.3, -0.25) is 9.89 Å². The van der Waals surface area contributed by atoms with Gasteiger partial charge in [-0.25, -0.2) is 0 Å². The van der Waals surface area contributed by atoms with Crippen molar-refractivity contribution in [2.24, 2.45) is 5.41 Å². The number of hydrogen-bond donors (Lipinski definition) is 3. The summed E-state index contributed by atoms with van der Waals surface area (Å²) in [6.45, 7) is 6.40. The highest BCUT2D eigenvalue weighted by atomic mass is 19.4. The highest BCUT2D eigenvalue weighted by molar-refractivity contribution is 5.94. The molecule has 2 aromatic heterocycles. The summed E-state index contributed by atoms with van der Waals surface area (Å²) in [5, 5.41) is 39.5. The quantitative estimate of drug-likeness (QED) is 0.273. The molecule has 0 bridgehead atoms. The molecule has 2 amide bonds. The maximum Gasteiger partial charge on any atom is 0.416 e. The molecule has 0 aliphatic carbocycles. The Balaban J connectivity index is 2.11. The van der Waals surface area contributed by atoms with E-state index in [2.05, 4.69) is 25.7 Å². The minimum atomic E-state index is -5.14. The summed E-state index contributed by atoms with van der Waals surface area (Å²) in [7, 11) is 0. The largest absolute Gasteiger partial charge is 0.530 e. The van der Waals surface area contributed by atoms with Crippen LogP contribution in [0.2, 0.25) is 0 Å². The smallest absolute Gasteiger partial charge is 0.416 e. The predicted molar refractivity (Wildman–Crippen MR) is 136 cm³/mol. The van der Waals surface area contributed by atoms with Crippen molar-refractivity contribution in [1.29, 1.82) is 0 Å². The van der Waals surface area contributed by atoms with Gasteiger partial charge >= 0.3 is 12.4 Å². The molecule has 3 aromatic rings. The SMILES string of the molecule is CCCC[C@@H]([C@H](O)C(=O)Nc1ccn[nH]1)N(C(=O)[O-])[C@H](c1nnc(-c2cc(C(F)(F)F)cc(C(F)(F)F)c2)o1)C(C)(C)C. The van der Waals surface area contributed by atoms with Crippen LogP contribution in [-0.4, -0.2) is 54.5 Å². The molecule has 17 heteroatoms. The van der Waals surface area contributed by atoms with Crippen LogP contribution in [0.25, 0.3) is 11.5 Å². The fourth-order valence-electron chi connectivity index (χ4n) is 4.45. The molecule has 0 aliphatic heterocycles. The van der Waals surface area contributed by atoms with Gasteiger partial charge in [0, 0.05) is 11.6 Å². The van der Waals surface area contributed by atoms with Crippen LogP contribution in [-0.2, 0) is 17.1 Å². The summed E-state index contributed by atoms with van der Waals surface area (Å²) in [6, 6.07) is -0.810. The fourth-order valence-corrected chi connectivity index (χ4v) is 4.45. The topological polar surface area (TPSA) is 160 Å². The van der Waals surface area contributed by atoms with Gasteiger partial charge in [0.05, 0.1) is 23.4 Å². The first-order chi connectivity index (χ1) is 19.8. The first-order valence-electron chi connectivity index (χ1n) is 13.0. The van der Waals surface area contributed by atoms with Crippen molar-refractivity contribution in [3.63, 3.8) is 0 Å². The number of aromatic nitrogens is 4. The van der Waals surface area contributed by atoms with Gasteiger partial charge in [0.25, 0.3) is 5.91 Å². The van der Waals surface area contributed by atoms with E-state index in [0.717, 1.165) is 0 Å². The molecule has 2 heterocycles. The Bertz CT molecular complexity index is 1370. The highest BCUT2D eigenvalue weighted by Gasteiger charge is 2.44. The number of alkyl halides is 6. The third-order valence-electron chi connectivity index (χ3n) is 6.42. The number of halogens is 6. The zero-order chi connectivity index (χ0) is 32.3. The van der Waals surface area contributed by atoms with Crippen molar-refractivity contribution in [3.05, 3.63) is 47.5 Å². The summed E-state index contributed by atoms with van der Waals surface area (Å²) in [4.78, 5) is 26.1. The lowest BCUT2D eigenvalue weighted by atomic mass is 9.83. The molecule has 0 fully saturated rings. The lowest BCUT2D eigenvalue weighted by Gasteiger charge is -2.45. The van der Waals surface area contributed by atoms with E-state index < -0.39 is 76.4 Å². The van der Waals surface area contributed by atoms with E-state index in [9.17, 15) is 46.1 Å². The third kappa shape index (κ3) is 8.03. The maximum absolute atomic E-state index is 13.4. The molecule has 0 spiro atoms. The number of amides is 2. The lowest BCUT2D eigenvalue weighted by Crippen LogP contribution is -2.58. The van der Waals surface area contributed by atoms with Gasteiger partial charge in [-0.05, 0) is 30.0 Å². The molecule has 0 saturated heterocycles. The van der Waals surface area contributed by atoms with Crippen LogP contribution in [0, 0.1) is 5.41 Å². The molecule has 236 valence electrons. The molecule has 0 unspecified atom stereocenters. The molecule has 3 atom stereocenters. The summed E-state index contributed by atoms with van der Waals surface area (Å²) < 4.78 is 86.0. The van der Waals surface area contributed by atoms with Crippen molar-refractivity contribution in [3.8, 4) is 11.5 Å². The van der Waals surface area contributed by atoms with Crippen molar-refractivity contribution in [2.75, 3.05) is 5.32 Å². The van der Waals surface area contributed by atoms with Gasteiger partial charge in [-0.15, -0.1) is 10.2 Å². The van der Waals surface area contributed by atoms with Gasteiger partial charge in [-0.2, -0.15) is 31.4 Å². The second-order valence-corrected chi connectivity index (χ2v) is 10.8. The second-order valence-electron chi connectivity index (χ2n) is 10.8. The minimum absolute atomic E-state index is 0.0435. The van der Waals surface area contributed by atoms with E-state index in [1.165, 1.54) is 33.0 Å². The Hall–Kier alpha value is -4.15. The fraction of sp³-hybridized carbons (Fsp3) is 0.500. The summed E-state index contributed by atoms with van der Waals surface area (Å²) >= 11 is 0. The number of H-pyrrole nitrogens is 1. The third-order valence-corrected chi connectivity index (χ3v) is 6.42. The Kier molecular flexibility index (Phi) is 9.78. The average molecular weight is 620 g/mol. The molecule has 0 radical (unpaired) electrons. The van der Waals surface area contributed by atoms with Crippen molar-refractivity contribution in [1.82, 2.24) is 25.3 Å². The van der Waals surface area contributed by atoms with Crippen LogP contribution in [0.15, 0.2) is 34.9 Å². The van der Waals surface area contributed by atoms with Crippen LogP contribution in [0.1, 0.15) is 70.0 Å². The number of aliphatic hydroxyl groups is 1. The number of hydrogen-bond acceptors (Lipinski definition) is 8. The van der Waals surface area contributed by atoms with E-state index >= 15 is 0 Å². The first kappa shape index (κ1) is 33.4. The van der Waals surface area contributed by atoms with E-state index in [-0.39, 0.29) is 18.3 Å². The Labute approximate surface area is 241 Å². The Morgan fingerprint density at radius 1 is 1.07 bits per heavy atom. The first-order valence-corrected chi connectivity index (χ1v) is 13.0. The van der Waals surface area contributed by atoms with Crippen molar-refractivity contribution >= 4 is 17.8 Å². The van der Waals surface area contributed by atoms with Crippen LogP contribution < -0.4 is 10.4 Å². The molecule has 3 N–H and O–H groups in total. The number of carboxylic acid groups (broad SMARTS) is 1. The van der Waals surface area contributed by atoms with Gasteiger partial charge in [0.15, 0.2) is 6.10 Å². The predicted octanol–water partition coefficient (Wildman–Crippen LogP) is 4.79. The van der Waals surface area contributed by atoms with Gasteiger partial charge in [0.1, 0.15) is 18.0 Å². The van der Waals surface area contributed by atoms with E-state index in [0.29, 0.717) is 29.9 Å². The van der Waals surface area contributed by atoms with Crippen LogP contribution in [0.4, 0.5) is 37.0 Å². The lowest BCUT2D eigenvalue weighted by molar-refractivity contribution is -0.276. The van der Waals surface area contributed by atoms with Gasteiger partial charge < -0.3 is 29.6 Å². The Morgan fingerprint density at radius 2 is 1.67 bits per heavy atom. The van der Waals surface area contributed by atoms with Crippen molar-refractivity contribution in [2.45, 2.75) is 77.5 Å². The molecule has 1 aromatic carbocycles. The molecular weight excluding hydrogens is 590 g/mol. The highest BCUT2D eigenvalue weighted by Crippen LogP contribution is 2.42. The Morgan fingerprint density at radius 3 is 2.14 bits per heavy atom. The summed E-state index contributed by atoms with van der Waals surface area (Å²) in [5.74, 6) is -2.13. The average Bonchev–Trinajstić information content (AvgIpc) is 3.58. The minimum Gasteiger partial charge on any atom is -0.530 e. The van der Waals surface area contributed by atoms with Gasteiger partial charge in [0.2, 0.25) is 11.8 Å². The molecule has 0 aliphatic rings. The van der Waals surface area contributed by atoms with Gasteiger partial charge in [-0.1, -0.05) is 40.5 Å². The number of unbranched alkanes of at least 4 members (excludes halogenated alkanes) is 1. The number of aliphatic hydroxyl groups excluding tert-OH is 1. The van der Waals surface area contributed by atoms with Crippen LogP contribution in [0.5, 0.6) is 0 Å². The standard InChI is InChI=1S/C26H30F6N6O5/c1-5-6-7-16(18(39)20(40)34-17-8-9-33-35-17)38(23(41)42)19(24(2,3)4)22-37-36-21(43-22)13-10-14(25(27,28)29)12-15(11-13)26(30,31)32/h8-12,16,18-19,39H,5-7H2,1-4H3,(H,41,42)(H2,33,34,35,40)/p-1/t16-,18-,19+/m0/s1. The van der Waals surface area contributed by atoms with E-state index in [4.69, 9.17) is 4.42 Å². The number of nitrogens with zero attached hydrogens (tertiary/aromatic N) is 4. The second kappa shape index (κ2) is 12.6. The number of rotatable bonds is 10. The maximum atomic E-state index is 13.4. The molecular formula is C26H29F6N6O5-.